The Labute approximate surface area is 157 Å². The van der Waals surface area contributed by atoms with Crippen LogP contribution in [0.4, 0.5) is 10.3 Å². The molecular weight excluding hydrogens is 371 g/mol. The molecule has 0 aliphatic rings. The first-order valence-electron chi connectivity index (χ1n) is 8.16. The number of benzene rings is 1. The van der Waals surface area contributed by atoms with Gasteiger partial charge in [-0.25, -0.2) is 18.5 Å². The summed E-state index contributed by atoms with van der Waals surface area (Å²) < 4.78 is 16.8. The van der Waals surface area contributed by atoms with Crippen LogP contribution >= 0.6 is 0 Å². The fourth-order valence-corrected chi connectivity index (χ4v) is 2.71. The maximum Gasteiger partial charge on any atom is 0.347 e. The van der Waals surface area contributed by atoms with Crippen molar-refractivity contribution in [1.29, 1.82) is 0 Å². The van der Waals surface area contributed by atoms with E-state index in [-0.39, 0.29) is 18.3 Å². The molecule has 3 aromatic rings. The van der Waals surface area contributed by atoms with Gasteiger partial charge < -0.3 is 0 Å². The summed E-state index contributed by atoms with van der Waals surface area (Å²) in [4.78, 5) is 37.6. The number of amides is 1. The molecular formula is C16H17FN8O3. The van der Waals surface area contributed by atoms with Crippen LogP contribution in [-0.2, 0) is 20.6 Å². The molecule has 0 saturated heterocycles. The van der Waals surface area contributed by atoms with Gasteiger partial charge in [0.1, 0.15) is 5.82 Å². The predicted octanol–water partition coefficient (Wildman–Crippen LogP) is -0.478. The van der Waals surface area contributed by atoms with Crippen molar-refractivity contribution in [2.75, 3.05) is 5.32 Å². The first-order valence-corrected chi connectivity index (χ1v) is 8.16. The van der Waals surface area contributed by atoms with Gasteiger partial charge in [0.15, 0.2) is 0 Å². The van der Waals surface area contributed by atoms with E-state index in [9.17, 15) is 18.8 Å². The van der Waals surface area contributed by atoms with Crippen LogP contribution in [0.15, 0.2) is 21.7 Å². The summed E-state index contributed by atoms with van der Waals surface area (Å²) in [7, 11) is 2.82. The number of aryl methyl sites for hydroxylation is 4. The number of rotatable bonds is 4. The summed E-state index contributed by atoms with van der Waals surface area (Å²) >= 11 is 0. The Morgan fingerprint density at radius 2 is 1.79 bits per heavy atom. The summed E-state index contributed by atoms with van der Waals surface area (Å²) in [6, 6.07) is 3.08. The molecule has 12 heteroatoms. The van der Waals surface area contributed by atoms with Gasteiger partial charge in [-0.1, -0.05) is 17.2 Å². The van der Waals surface area contributed by atoms with E-state index in [2.05, 4.69) is 25.9 Å². The van der Waals surface area contributed by atoms with Crippen LogP contribution in [0.2, 0.25) is 0 Å². The highest BCUT2D eigenvalue weighted by Gasteiger charge is 2.20. The van der Waals surface area contributed by atoms with Crippen molar-refractivity contribution in [2.45, 2.75) is 20.4 Å². The van der Waals surface area contributed by atoms with Crippen molar-refractivity contribution in [1.82, 2.24) is 34.6 Å². The Hall–Kier alpha value is -3.70. The van der Waals surface area contributed by atoms with E-state index in [4.69, 9.17) is 0 Å². The highest BCUT2D eigenvalue weighted by molar-refractivity contribution is 6.01. The van der Waals surface area contributed by atoms with Gasteiger partial charge in [-0.15, -0.1) is 0 Å². The molecule has 0 atom stereocenters. The van der Waals surface area contributed by atoms with Crippen molar-refractivity contribution >= 4 is 11.9 Å². The summed E-state index contributed by atoms with van der Waals surface area (Å²) in [5.74, 6) is -1.20. The van der Waals surface area contributed by atoms with Crippen molar-refractivity contribution < 1.29 is 9.18 Å². The first kappa shape index (κ1) is 19.1. The molecule has 146 valence electrons. The largest absolute Gasteiger partial charge is 0.347 e. The molecule has 0 unspecified atom stereocenters. The minimum Gasteiger partial charge on any atom is -0.288 e. The zero-order valence-corrected chi connectivity index (χ0v) is 15.6. The Balaban J connectivity index is 2.03. The van der Waals surface area contributed by atoms with Crippen molar-refractivity contribution in [2.24, 2.45) is 14.1 Å². The molecule has 1 amide bonds. The number of nitrogens with one attached hydrogen (secondary N) is 1. The molecule has 1 aromatic carbocycles. The van der Waals surface area contributed by atoms with Gasteiger partial charge in [0.05, 0.1) is 6.54 Å². The van der Waals surface area contributed by atoms with Crippen LogP contribution in [0.25, 0.3) is 0 Å². The molecule has 0 saturated carbocycles. The number of hydrogen-bond donors (Lipinski definition) is 1. The zero-order valence-electron chi connectivity index (χ0n) is 15.6. The molecule has 28 heavy (non-hydrogen) atoms. The number of anilines is 1. The molecule has 11 nitrogen and oxygen atoms in total. The molecule has 0 aliphatic heterocycles. The van der Waals surface area contributed by atoms with E-state index in [1.807, 2.05) is 0 Å². The predicted molar refractivity (Wildman–Crippen MR) is 95.5 cm³/mol. The van der Waals surface area contributed by atoms with E-state index in [0.29, 0.717) is 16.7 Å². The lowest BCUT2D eigenvalue weighted by molar-refractivity contribution is 0.101. The van der Waals surface area contributed by atoms with Gasteiger partial charge in [0.25, 0.3) is 11.5 Å². The summed E-state index contributed by atoms with van der Waals surface area (Å²) in [5, 5.41) is 16.7. The lowest BCUT2D eigenvalue weighted by Crippen LogP contribution is -2.44. The Kier molecular flexibility index (Phi) is 4.86. The molecule has 0 radical (unpaired) electrons. The van der Waals surface area contributed by atoms with Gasteiger partial charge >= 0.3 is 5.69 Å². The van der Waals surface area contributed by atoms with Gasteiger partial charge in [-0.2, -0.15) is 5.10 Å². The number of nitrogens with zero attached hydrogens (tertiary/aromatic N) is 7. The number of aromatic nitrogens is 7. The third kappa shape index (κ3) is 3.43. The van der Waals surface area contributed by atoms with E-state index in [0.717, 1.165) is 9.25 Å². The van der Waals surface area contributed by atoms with E-state index >= 15 is 0 Å². The second kappa shape index (κ2) is 7.13. The molecule has 3 rings (SSSR count). The monoisotopic (exact) mass is 388 g/mol. The molecule has 0 fully saturated rings. The summed E-state index contributed by atoms with van der Waals surface area (Å²) in [5.41, 5.74) is -0.758. The van der Waals surface area contributed by atoms with E-state index < -0.39 is 22.9 Å². The SMILES string of the molecule is Cc1cc(Cn2c(=O)c(C(=O)Nc3nnnn3C)nn(C)c2=O)cc(C)c1F. The Morgan fingerprint density at radius 3 is 2.36 bits per heavy atom. The second-order valence-corrected chi connectivity index (χ2v) is 6.27. The third-order valence-electron chi connectivity index (χ3n) is 4.10. The molecule has 0 bridgehead atoms. The number of halogens is 1. The van der Waals surface area contributed by atoms with Crippen LogP contribution in [0.3, 0.4) is 0 Å². The standard InChI is InChI=1S/C16H17FN8O3/c1-8-5-10(6-9(2)11(8)17)7-25-14(27)12(20-24(4)16(25)28)13(26)18-15-19-21-22-23(15)3/h5-6H,7H2,1-4H3,(H,18,19,22,26). The molecule has 2 aromatic heterocycles. The molecule has 0 aliphatic carbocycles. The van der Waals surface area contributed by atoms with Crippen molar-refractivity contribution in [3.8, 4) is 0 Å². The molecule has 0 spiro atoms. The number of hydrogen-bond acceptors (Lipinski definition) is 7. The fraction of sp³-hybridized carbons (Fsp3) is 0.312. The minimum atomic E-state index is -0.879. The van der Waals surface area contributed by atoms with Gasteiger partial charge in [0, 0.05) is 14.1 Å². The maximum atomic E-state index is 13.8. The molecule has 2 heterocycles. The fourth-order valence-electron chi connectivity index (χ4n) is 2.71. The van der Waals surface area contributed by atoms with Gasteiger partial charge in [-0.05, 0) is 41.0 Å². The van der Waals surface area contributed by atoms with Crippen LogP contribution in [0, 0.1) is 19.7 Å². The van der Waals surface area contributed by atoms with Crippen LogP contribution in [-0.4, -0.2) is 40.5 Å². The Morgan fingerprint density at radius 1 is 1.14 bits per heavy atom. The minimum absolute atomic E-state index is 0.0105. The number of carbonyl (C=O) groups excluding carboxylic acids is 1. The lowest BCUT2D eigenvalue weighted by atomic mass is 10.1. The van der Waals surface area contributed by atoms with Crippen molar-refractivity contribution in [3.05, 3.63) is 61.2 Å². The Bertz CT molecular complexity index is 1170. The second-order valence-electron chi connectivity index (χ2n) is 6.27. The number of tetrazole rings is 1. The highest BCUT2D eigenvalue weighted by atomic mass is 19.1. The highest BCUT2D eigenvalue weighted by Crippen LogP contribution is 2.15. The third-order valence-corrected chi connectivity index (χ3v) is 4.10. The lowest BCUT2D eigenvalue weighted by Gasteiger charge is -2.11. The number of carbonyl (C=O) groups is 1. The average Bonchev–Trinajstić information content (AvgIpc) is 3.04. The normalized spacial score (nSPS) is 10.9. The van der Waals surface area contributed by atoms with E-state index in [1.54, 1.807) is 26.0 Å². The van der Waals surface area contributed by atoms with Crippen LogP contribution in [0.5, 0.6) is 0 Å². The first-order chi connectivity index (χ1) is 13.2. The van der Waals surface area contributed by atoms with Crippen LogP contribution < -0.4 is 16.6 Å². The quantitative estimate of drug-likeness (QED) is 0.639. The summed E-state index contributed by atoms with van der Waals surface area (Å²) in [6.45, 7) is 3.04. The molecule has 1 N–H and O–H groups in total. The van der Waals surface area contributed by atoms with Gasteiger partial charge in [0.2, 0.25) is 11.6 Å². The topological polar surface area (TPSA) is 130 Å². The zero-order chi connectivity index (χ0) is 20.6. The van der Waals surface area contributed by atoms with E-state index in [1.165, 1.54) is 18.8 Å². The van der Waals surface area contributed by atoms with Crippen molar-refractivity contribution in [3.63, 3.8) is 0 Å². The maximum absolute atomic E-state index is 13.8. The van der Waals surface area contributed by atoms with Gasteiger partial charge in [-0.3, -0.25) is 19.5 Å². The average molecular weight is 388 g/mol. The smallest absolute Gasteiger partial charge is 0.288 e. The van der Waals surface area contributed by atoms with Crippen LogP contribution in [0.1, 0.15) is 27.2 Å². The summed E-state index contributed by atoms with van der Waals surface area (Å²) in [6.07, 6.45) is 0.